The summed E-state index contributed by atoms with van der Waals surface area (Å²) in [6.07, 6.45) is 13.1. The van der Waals surface area contributed by atoms with E-state index in [0.29, 0.717) is 0 Å². The maximum atomic E-state index is 7.74. The van der Waals surface area contributed by atoms with Crippen molar-refractivity contribution in [3.63, 3.8) is 0 Å². The summed E-state index contributed by atoms with van der Waals surface area (Å²) in [6, 6.07) is 66.9. The molecule has 0 aliphatic rings. The highest BCUT2D eigenvalue weighted by atomic mass is 28.4. The minimum atomic E-state index is -2.20. The standard InChI is InChI=1S/C66H110O3Si10/c1-19-45-76(46-20-2,63-37-29-25-30-38-63)57-51-70(7,8)67-73(13,14)54-60-79(66-43-35-28-36-44-66,61-55-74(15,16)68-71(9,10)52-58-77(47-21-3,48-22-4)64-39-31-26-32-40-64)62-56-75(17,18)69-72(11,12)53-59-78(49-23-5,50-24-6)65-41-33-27-34-42-65/h19-44H,1-6,45-62H2,7-18H3. The molecule has 79 heavy (non-hydrogen) atoms. The third-order valence-corrected chi connectivity index (χ3v) is 62.5. The fourth-order valence-corrected chi connectivity index (χ4v) is 72.3. The first-order valence-corrected chi connectivity index (χ1v) is 59.3. The second-order valence-corrected chi connectivity index (χ2v) is 72.0. The molecular formula is C66H110O3Si10. The highest BCUT2D eigenvalue weighted by Gasteiger charge is 2.46. The zero-order valence-corrected chi connectivity index (χ0v) is 62.2. The molecular weight excluding hydrogens is 1120 g/mol. The van der Waals surface area contributed by atoms with E-state index in [1.807, 2.05) is 0 Å². The highest BCUT2D eigenvalue weighted by Crippen LogP contribution is 2.40. The molecule has 0 aliphatic carbocycles. The first kappa shape index (κ1) is 68.9. The van der Waals surface area contributed by atoms with E-state index in [-0.39, 0.29) is 0 Å². The van der Waals surface area contributed by atoms with Crippen molar-refractivity contribution in [3.05, 3.63) is 197 Å². The number of hydrogen-bond donors (Lipinski definition) is 0. The number of benzene rings is 4. The Kier molecular flexibility index (Phi) is 26.8. The smallest absolute Gasteiger partial charge is 0.173 e. The maximum Gasteiger partial charge on any atom is 0.173 e. The van der Waals surface area contributed by atoms with Crippen molar-refractivity contribution in [2.24, 2.45) is 0 Å². The van der Waals surface area contributed by atoms with Crippen LogP contribution in [0.5, 0.6) is 0 Å². The Morgan fingerprint density at radius 2 is 0.392 bits per heavy atom. The van der Waals surface area contributed by atoms with Gasteiger partial charge in [0.1, 0.15) is 0 Å². The first-order chi connectivity index (χ1) is 37.1. The van der Waals surface area contributed by atoms with Crippen molar-refractivity contribution in [1.82, 2.24) is 0 Å². The van der Waals surface area contributed by atoms with Gasteiger partial charge in [-0.3, -0.25) is 0 Å². The molecule has 0 spiro atoms. The van der Waals surface area contributed by atoms with Gasteiger partial charge in [-0.15, -0.1) is 39.5 Å². The Hall–Kier alpha value is -2.63. The predicted octanol–water partition coefficient (Wildman–Crippen LogP) is 18.8. The summed E-state index contributed by atoms with van der Waals surface area (Å²) < 4.78 is 23.2. The molecule has 0 N–H and O–H groups in total. The molecule has 0 unspecified atom stereocenters. The summed E-state index contributed by atoms with van der Waals surface area (Å²) in [5.74, 6) is 0. The van der Waals surface area contributed by atoms with Crippen LogP contribution in [-0.4, -0.2) is 82.2 Å². The fraction of sp³-hybridized carbons (Fsp3) is 0.455. The summed E-state index contributed by atoms with van der Waals surface area (Å²) in [6.45, 7) is 56.1. The van der Waals surface area contributed by atoms with Crippen molar-refractivity contribution < 1.29 is 12.3 Å². The number of rotatable bonds is 40. The van der Waals surface area contributed by atoms with Crippen molar-refractivity contribution in [1.29, 1.82) is 0 Å². The summed E-state index contributed by atoms with van der Waals surface area (Å²) in [5.41, 5.74) is 0. The molecule has 4 aromatic carbocycles. The van der Waals surface area contributed by atoms with E-state index in [1.165, 1.54) is 88.1 Å². The lowest BCUT2D eigenvalue weighted by molar-refractivity contribution is 0.540. The van der Waals surface area contributed by atoms with Crippen LogP contribution in [0.25, 0.3) is 0 Å². The topological polar surface area (TPSA) is 27.7 Å². The fourth-order valence-electron chi connectivity index (χ4n) is 13.4. The zero-order valence-electron chi connectivity index (χ0n) is 52.2. The zero-order chi connectivity index (χ0) is 58.5. The molecule has 0 radical (unpaired) electrons. The molecule has 3 nitrogen and oxygen atoms in total. The van der Waals surface area contributed by atoms with Crippen LogP contribution < -0.4 is 20.7 Å². The lowest BCUT2D eigenvalue weighted by atomic mass is 10.4. The molecule has 0 heterocycles. The van der Waals surface area contributed by atoms with Crippen LogP contribution >= 0.6 is 0 Å². The van der Waals surface area contributed by atoms with Gasteiger partial charge in [-0.1, -0.05) is 215 Å². The van der Waals surface area contributed by atoms with Gasteiger partial charge in [-0.25, -0.2) is 0 Å². The second-order valence-electron chi connectivity index (χ2n) is 27.4. The van der Waals surface area contributed by atoms with Gasteiger partial charge >= 0.3 is 0 Å². The van der Waals surface area contributed by atoms with Crippen LogP contribution in [0.1, 0.15) is 0 Å². The number of hydrogen-bond acceptors (Lipinski definition) is 3. The summed E-state index contributed by atoms with van der Waals surface area (Å²) in [4.78, 5) is 0. The second kappa shape index (κ2) is 30.8. The van der Waals surface area contributed by atoms with E-state index in [4.69, 9.17) is 12.3 Å². The average Bonchev–Trinajstić information content (AvgIpc) is 3.39. The molecule has 0 saturated heterocycles. The van der Waals surface area contributed by atoms with Gasteiger partial charge in [-0.2, -0.15) is 0 Å². The van der Waals surface area contributed by atoms with Gasteiger partial charge in [0.25, 0.3) is 0 Å². The molecule has 0 fully saturated rings. The van der Waals surface area contributed by atoms with Gasteiger partial charge in [0.2, 0.25) is 0 Å². The SMILES string of the molecule is C=CC[Si](CC=C)(CC[Si](C)(C)O[Si](C)(C)CC[Si](CC[Si](C)(C)O[Si](C)(C)CC[Si](CC=C)(CC=C)c1ccccc1)(CC[Si](C)(C)O[Si](C)(C)CC[Si](CC=C)(CC=C)c1ccccc1)c1ccccc1)c1ccccc1. The van der Waals surface area contributed by atoms with E-state index in [2.05, 4.69) is 276 Å². The third-order valence-electron chi connectivity index (χ3n) is 17.6. The monoisotopic (exact) mass is 1230 g/mol. The Labute approximate surface area is 496 Å². The summed E-state index contributed by atoms with van der Waals surface area (Å²) >= 11 is 0. The highest BCUT2D eigenvalue weighted by molar-refractivity contribution is 6.98. The molecule has 4 aromatic rings. The van der Waals surface area contributed by atoms with Gasteiger partial charge in [0, 0.05) is 0 Å². The van der Waals surface area contributed by atoms with E-state index in [0.717, 1.165) is 36.3 Å². The van der Waals surface area contributed by atoms with Crippen LogP contribution in [0.4, 0.5) is 0 Å². The molecule has 0 aliphatic heterocycles. The van der Waals surface area contributed by atoms with Crippen LogP contribution in [0, 0.1) is 0 Å². The van der Waals surface area contributed by atoms with Gasteiger partial charge in [-0.05, 0) is 151 Å². The summed E-state index contributed by atoms with van der Waals surface area (Å²) in [5, 5.41) is 6.22. The lowest BCUT2D eigenvalue weighted by Gasteiger charge is -2.43. The third kappa shape index (κ3) is 21.5. The molecule has 0 amide bonds. The van der Waals surface area contributed by atoms with E-state index < -0.39 is 82.2 Å². The maximum absolute atomic E-state index is 7.74. The Morgan fingerprint density at radius 1 is 0.241 bits per heavy atom. The Balaban J connectivity index is 1.68. The van der Waals surface area contributed by atoms with Crippen molar-refractivity contribution >= 4 is 103 Å². The van der Waals surface area contributed by atoms with Crippen LogP contribution in [0.3, 0.4) is 0 Å². The largest absolute Gasteiger partial charge is 0.456 e. The van der Waals surface area contributed by atoms with Gasteiger partial charge in [0.15, 0.2) is 49.9 Å². The van der Waals surface area contributed by atoms with E-state index in [9.17, 15) is 0 Å². The average molecular weight is 1230 g/mol. The van der Waals surface area contributed by atoms with Crippen LogP contribution in [-0.2, 0) is 12.3 Å². The predicted molar refractivity (Wildman–Crippen MR) is 383 cm³/mol. The van der Waals surface area contributed by atoms with Gasteiger partial charge < -0.3 is 12.3 Å². The molecule has 432 valence electrons. The van der Waals surface area contributed by atoms with Crippen LogP contribution in [0.15, 0.2) is 197 Å². The van der Waals surface area contributed by atoms with Gasteiger partial charge in [0.05, 0.1) is 32.3 Å². The van der Waals surface area contributed by atoms with Crippen LogP contribution in [0.2, 0.25) is 187 Å². The molecule has 0 aromatic heterocycles. The van der Waals surface area contributed by atoms with Crippen molar-refractivity contribution in [3.8, 4) is 0 Å². The van der Waals surface area contributed by atoms with E-state index in [1.54, 1.807) is 5.19 Å². The molecule has 13 heteroatoms. The lowest BCUT2D eigenvalue weighted by Crippen LogP contribution is -2.55. The minimum Gasteiger partial charge on any atom is -0.456 e. The van der Waals surface area contributed by atoms with Crippen molar-refractivity contribution in [2.75, 3.05) is 0 Å². The minimum absolute atomic E-state index is 1.08. The van der Waals surface area contributed by atoms with Crippen molar-refractivity contribution in [2.45, 2.75) is 187 Å². The molecule has 0 saturated carbocycles. The number of allylic oxidation sites excluding steroid dienone is 6. The molecule has 0 bridgehead atoms. The Bertz CT molecular complexity index is 2220. The Morgan fingerprint density at radius 3 is 0.557 bits per heavy atom. The summed E-state index contributed by atoms with van der Waals surface area (Å²) in [7, 11) is -20.5. The quantitative estimate of drug-likeness (QED) is 0.0328. The van der Waals surface area contributed by atoms with E-state index >= 15 is 0 Å². The molecule has 0 atom stereocenters. The molecule has 4 rings (SSSR count). The normalized spacial score (nSPS) is 13.4. The first-order valence-electron chi connectivity index (χ1n) is 30.1.